The number of benzene rings is 1. The van der Waals surface area contributed by atoms with Gasteiger partial charge in [0, 0.05) is 27.8 Å². The minimum atomic E-state index is -2.08. The van der Waals surface area contributed by atoms with Crippen LogP contribution < -0.4 is 10.9 Å². The molecule has 3 aromatic rings. The molecule has 40 heavy (non-hydrogen) atoms. The zero-order valence-corrected chi connectivity index (χ0v) is 27.0. The molecule has 0 saturated carbocycles. The molecule has 1 aliphatic rings. The number of phenols is 1. The number of aromatic hydroxyl groups is 1. The lowest BCUT2D eigenvalue weighted by atomic mass is 10.0. The summed E-state index contributed by atoms with van der Waals surface area (Å²) in [6.45, 7) is 16.7. The van der Waals surface area contributed by atoms with E-state index in [2.05, 4.69) is 61.2 Å². The van der Waals surface area contributed by atoms with E-state index in [1.807, 2.05) is 17.4 Å². The SMILES string of the molecule is CC(C)(C)[Si](C)(C)OC(CNCCCc1ccc(CCCN2CCCCC2)s1)c1ccc(O)c2[nH]c(=O)ccc12. The van der Waals surface area contributed by atoms with Crippen molar-refractivity contribution in [1.29, 1.82) is 0 Å². The average Bonchev–Trinajstić information content (AvgIpc) is 3.36. The number of fused-ring (bicyclic) bond motifs is 1. The summed E-state index contributed by atoms with van der Waals surface area (Å²) < 4.78 is 6.92. The van der Waals surface area contributed by atoms with Crippen LogP contribution >= 0.6 is 11.3 Å². The van der Waals surface area contributed by atoms with Gasteiger partial charge in [0.1, 0.15) is 5.75 Å². The van der Waals surface area contributed by atoms with Crippen LogP contribution in [0.4, 0.5) is 0 Å². The van der Waals surface area contributed by atoms with E-state index in [4.69, 9.17) is 4.43 Å². The second-order valence-corrected chi connectivity index (χ2v) is 18.8. The van der Waals surface area contributed by atoms with E-state index in [9.17, 15) is 9.90 Å². The minimum absolute atomic E-state index is 0.0664. The second-order valence-electron chi connectivity index (χ2n) is 12.8. The van der Waals surface area contributed by atoms with Crippen molar-refractivity contribution in [2.75, 3.05) is 32.7 Å². The van der Waals surface area contributed by atoms with E-state index in [1.165, 1.54) is 67.6 Å². The first kappa shape index (κ1) is 31.0. The monoisotopic (exact) mass is 583 g/mol. The van der Waals surface area contributed by atoms with Crippen LogP contribution in [0.2, 0.25) is 18.1 Å². The maximum atomic E-state index is 12.0. The van der Waals surface area contributed by atoms with Crippen LogP contribution in [0.25, 0.3) is 10.9 Å². The summed E-state index contributed by atoms with van der Waals surface area (Å²) in [5, 5.41) is 15.0. The summed E-state index contributed by atoms with van der Waals surface area (Å²) in [6, 6.07) is 11.6. The number of H-pyrrole nitrogens is 1. The fraction of sp³-hybridized carbons (Fsp3) is 0.594. The molecule has 4 rings (SSSR count). The number of aromatic amines is 1. The third-order valence-electron chi connectivity index (χ3n) is 8.67. The van der Waals surface area contributed by atoms with Crippen LogP contribution in [0, 0.1) is 0 Å². The van der Waals surface area contributed by atoms with Gasteiger partial charge in [-0.3, -0.25) is 4.79 Å². The molecule has 0 radical (unpaired) electrons. The predicted molar refractivity (Wildman–Crippen MR) is 171 cm³/mol. The van der Waals surface area contributed by atoms with Gasteiger partial charge in [0.05, 0.1) is 11.6 Å². The Kier molecular flexibility index (Phi) is 10.7. The smallest absolute Gasteiger partial charge is 0.248 e. The molecule has 0 bridgehead atoms. The topological polar surface area (TPSA) is 77.6 Å². The van der Waals surface area contributed by atoms with Gasteiger partial charge >= 0.3 is 0 Å². The number of pyridine rings is 1. The molecule has 2 aromatic heterocycles. The quantitative estimate of drug-likeness (QED) is 0.149. The van der Waals surface area contributed by atoms with Crippen molar-refractivity contribution < 1.29 is 9.53 Å². The predicted octanol–water partition coefficient (Wildman–Crippen LogP) is 7.00. The number of hydrogen-bond acceptors (Lipinski definition) is 6. The molecule has 1 fully saturated rings. The van der Waals surface area contributed by atoms with Crippen molar-refractivity contribution in [3.63, 3.8) is 0 Å². The van der Waals surface area contributed by atoms with Gasteiger partial charge in [-0.15, -0.1) is 11.3 Å². The molecule has 8 heteroatoms. The Morgan fingerprint density at radius 2 is 1.73 bits per heavy atom. The summed E-state index contributed by atoms with van der Waals surface area (Å²) in [4.78, 5) is 20.4. The fourth-order valence-corrected chi connectivity index (χ4v) is 7.64. The molecule has 0 amide bonds. The maximum absolute atomic E-state index is 12.0. The van der Waals surface area contributed by atoms with Crippen molar-refractivity contribution in [2.24, 2.45) is 0 Å². The lowest BCUT2D eigenvalue weighted by Gasteiger charge is -2.39. The molecule has 3 N–H and O–H groups in total. The van der Waals surface area contributed by atoms with Gasteiger partial charge in [-0.2, -0.15) is 0 Å². The average molecular weight is 584 g/mol. The van der Waals surface area contributed by atoms with Gasteiger partial charge in [0.15, 0.2) is 8.32 Å². The number of rotatable bonds is 13. The Bertz CT molecular complexity index is 1290. The molecule has 3 heterocycles. The molecule has 6 nitrogen and oxygen atoms in total. The summed E-state index contributed by atoms with van der Waals surface area (Å²) in [7, 11) is -2.08. The largest absolute Gasteiger partial charge is 0.506 e. The van der Waals surface area contributed by atoms with Crippen LogP contribution in [-0.4, -0.2) is 56.0 Å². The van der Waals surface area contributed by atoms with Crippen LogP contribution in [0.3, 0.4) is 0 Å². The first-order chi connectivity index (χ1) is 19.0. The normalized spacial score (nSPS) is 16.0. The zero-order chi connectivity index (χ0) is 28.8. The standard InChI is InChI=1S/C32H49N3O3SSi/c1-32(2,3)40(4,5)38-29(26-15-17-28(36)31-27(26)16-18-30(37)34-31)23-33-19-9-11-24-13-14-25(39-24)12-10-22-35-20-7-6-8-21-35/h13-18,29,33,36H,6-12,19-23H2,1-5H3,(H,34,37). The molecular weight excluding hydrogens is 535 g/mol. The highest BCUT2D eigenvalue weighted by atomic mass is 32.1. The van der Waals surface area contributed by atoms with Crippen molar-refractivity contribution in [3.05, 3.63) is 62.1 Å². The molecule has 1 unspecified atom stereocenters. The molecule has 0 aliphatic carbocycles. The van der Waals surface area contributed by atoms with Crippen LogP contribution in [0.15, 0.2) is 41.2 Å². The maximum Gasteiger partial charge on any atom is 0.248 e. The third-order valence-corrected chi connectivity index (χ3v) is 14.4. The van der Waals surface area contributed by atoms with Crippen LogP contribution in [0.1, 0.15) is 74.3 Å². The molecule has 1 saturated heterocycles. The number of phenolic OH excluding ortho intramolecular Hbond substituents is 1. The van der Waals surface area contributed by atoms with Crippen LogP contribution in [-0.2, 0) is 17.3 Å². The highest BCUT2D eigenvalue weighted by molar-refractivity contribution is 7.11. The summed E-state index contributed by atoms with van der Waals surface area (Å²) in [5.74, 6) is 0.0808. The van der Waals surface area contributed by atoms with Crippen molar-refractivity contribution >= 4 is 30.6 Å². The number of hydrogen-bond donors (Lipinski definition) is 3. The van der Waals surface area contributed by atoms with Gasteiger partial charge in [-0.1, -0.05) is 33.3 Å². The van der Waals surface area contributed by atoms with Gasteiger partial charge in [-0.25, -0.2) is 0 Å². The van der Waals surface area contributed by atoms with E-state index in [0.29, 0.717) is 12.1 Å². The van der Waals surface area contributed by atoms with E-state index in [0.717, 1.165) is 30.3 Å². The first-order valence-corrected chi connectivity index (χ1v) is 18.8. The Balaban J connectivity index is 1.33. The number of thiophene rings is 1. The number of piperidine rings is 1. The second kappa shape index (κ2) is 13.8. The number of nitrogens with one attached hydrogen (secondary N) is 2. The summed E-state index contributed by atoms with van der Waals surface area (Å²) >= 11 is 1.98. The molecule has 220 valence electrons. The third kappa shape index (κ3) is 8.29. The number of aromatic nitrogens is 1. The van der Waals surface area contributed by atoms with E-state index in [-0.39, 0.29) is 22.5 Å². The number of likely N-dealkylation sites (tertiary alicyclic amines) is 1. The van der Waals surface area contributed by atoms with Crippen molar-refractivity contribution in [1.82, 2.24) is 15.2 Å². The highest BCUT2D eigenvalue weighted by Crippen LogP contribution is 2.41. The molecular formula is C32H49N3O3SSi. The molecule has 1 atom stereocenters. The van der Waals surface area contributed by atoms with Crippen molar-refractivity contribution in [3.8, 4) is 5.75 Å². The molecule has 0 spiro atoms. The van der Waals surface area contributed by atoms with Gasteiger partial charge in [0.2, 0.25) is 5.56 Å². The van der Waals surface area contributed by atoms with E-state index >= 15 is 0 Å². The first-order valence-electron chi connectivity index (χ1n) is 15.1. The Morgan fingerprint density at radius 1 is 1.02 bits per heavy atom. The molecule has 1 aliphatic heterocycles. The summed E-state index contributed by atoms with van der Waals surface area (Å²) in [5.41, 5.74) is 1.24. The van der Waals surface area contributed by atoms with Crippen LogP contribution in [0.5, 0.6) is 5.75 Å². The Hall–Kier alpha value is -1.97. The van der Waals surface area contributed by atoms with Gasteiger partial charge in [-0.05, 0) is 113 Å². The fourth-order valence-electron chi connectivity index (χ4n) is 5.26. The lowest BCUT2D eigenvalue weighted by molar-refractivity contribution is 0.181. The Morgan fingerprint density at radius 3 is 2.42 bits per heavy atom. The molecule has 1 aromatic carbocycles. The highest BCUT2D eigenvalue weighted by Gasteiger charge is 2.39. The lowest BCUT2D eigenvalue weighted by Crippen LogP contribution is -2.43. The minimum Gasteiger partial charge on any atom is -0.506 e. The van der Waals surface area contributed by atoms with E-state index in [1.54, 1.807) is 12.1 Å². The summed E-state index contributed by atoms with van der Waals surface area (Å²) in [6.07, 6.45) is 8.57. The van der Waals surface area contributed by atoms with Gasteiger partial charge < -0.3 is 24.7 Å². The number of aryl methyl sites for hydroxylation is 2. The number of nitrogens with zero attached hydrogens (tertiary/aromatic N) is 1. The Labute approximate surface area is 245 Å². The van der Waals surface area contributed by atoms with E-state index < -0.39 is 8.32 Å². The zero-order valence-electron chi connectivity index (χ0n) is 25.1. The van der Waals surface area contributed by atoms with Crippen molar-refractivity contribution in [2.45, 2.75) is 90.0 Å². The van der Waals surface area contributed by atoms with Gasteiger partial charge in [0.25, 0.3) is 0 Å².